The summed E-state index contributed by atoms with van der Waals surface area (Å²) >= 11 is 0. The van der Waals surface area contributed by atoms with Gasteiger partial charge in [-0.25, -0.2) is 8.42 Å². The second kappa shape index (κ2) is 6.61. The van der Waals surface area contributed by atoms with Crippen LogP contribution in [0.5, 0.6) is 0 Å². The Balaban J connectivity index is 2.05. The number of nitrogens with zero attached hydrogens (tertiary/aromatic N) is 1. The van der Waals surface area contributed by atoms with Crippen LogP contribution in [-0.4, -0.2) is 13.6 Å². The zero-order valence-corrected chi connectivity index (χ0v) is 16.4. The third-order valence-electron chi connectivity index (χ3n) is 4.30. The van der Waals surface area contributed by atoms with E-state index in [0.717, 1.165) is 22.4 Å². The molecule has 3 aromatic rings. The maximum absolute atomic E-state index is 13.0. The van der Waals surface area contributed by atoms with E-state index in [-0.39, 0.29) is 4.90 Å². The van der Waals surface area contributed by atoms with Crippen molar-refractivity contribution in [1.82, 2.24) is 5.16 Å². The first-order valence-electron chi connectivity index (χ1n) is 8.32. The molecule has 26 heavy (non-hydrogen) atoms. The van der Waals surface area contributed by atoms with Crippen molar-refractivity contribution in [3.63, 3.8) is 0 Å². The molecule has 3 rings (SSSR count). The molecule has 0 radical (unpaired) electrons. The van der Waals surface area contributed by atoms with Crippen LogP contribution in [0.1, 0.15) is 27.9 Å². The molecule has 1 heterocycles. The summed E-state index contributed by atoms with van der Waals surface area (Å²) in [4.78, 5) is 0.225. The molecule has 0 aliphatic heterocycles. The van der Waals surface area contributed by atoms with E-state index in [1.54, 1.807) is 25.1 Å². The highest BCUT2D eigenvalue weighted by atomic mass is 32.2. The topological polar surface area (TPSA) is 72.2 Å². The lowest BCUT2D eigenvalue weighted by molar-refractivity contribution is 0.427. The Bertz CT molecular complexity index is 1060. The zero-order valence-electron chi connectivity index (χ0n) is 15.5. The van der Waals surface area contributed by atoms with Crippen LogP contribution in [0, 0.1) is 34.6 Å². The average Bonchev–Trinajstić information content (AvgIpc) is 2.97. The highest BCUT2D eigenvalue weighted by Gasteiger charge is 2.20. The van der Waals surface area contributed by atoms with Gasteiger partial charge in [-0.1, -0.05) is 35.0 Å². The van der Waals surface area contributed by atoms with Crippen molar-refractivity contribution < 1.29 is 12.9 Å². The first-order chi connectivity index (χ1) is 12.2. The van der Waals surface area contributed by atoms with Gasteiger partial charge in [0, 0.05) is 11.6 Å². The van der Waals surface area contributed by atoms with Crippen LogP contribution in [0.3, 0.4) is 0 Å². The summed E-state index contributed by atoms with van der Waals surface area (Å²) < 4.78 is 34.1. The van der Waals surface area contributed by atoms with Gasteiger partial charge in [0.2, 0.25) is 0 Å². The van der Waals surface area contributed by atoms with Crippen molar-refractivity contribution in [2.24, 2.45) is 0 Å². The number of nitrogens with one attached hydrogen (secondary N) is 1. The Labute approximate surface area is 154 Å². The van der Waals surface area contributed by atoms with Crippen LogP contribution < -0.4 is 4.72 Å². The maximum Gasteiger partial charge on any atom is 0.262 e. The molecule has 0 spiro atoms. The molecule has 0 saturated heterocycles. The van der Waals surface area contributed by atoms with Gasteiger partial charge >= 0.3 is 0 Å². The van der Waals surface area contributed by atoms with Crippen LogP contribution in [0.4, 0.5) is 5.69 Å². The van der Waals surface area contributed by atoms with Crippen molar-refractivity contribution in [1.29, 1.82) is 0 Å². The lowest BCUT2D eigenvalue weighted by atomic mass is 10.1. The van der Waals surface area contributed by atoms with E-state index >= 15 is 0 Å². The maximum atomic E-state index is 13.0. The molecule has 0 aliphatic carbocycles. The van der Waals surface area contributed by atoms with E-state index in [2.05, 4.69) is 9.88 Å². The van der Waals surface area contributed by atoms with Gasteiger partial charge < -0.3 is 4.52 Å². The summed E-state index contributed by atoms with van der Waals surface area (Å²) in [6.45, 7) is 9.39. The van der Waals surface area contributed by atoms with Crippen molar-refractivity contribution in [2.75, 3.05) is 4.72 Å². The standard InChI is InChI=1S/C20H22N2O3S/c1-12-8-14(3)20(15(4)9-12)22-26(23,24)19-11-17(7-6-13(19)2)18-10-16(5)21-25-18/h6-11,22H,1-5H3. The molecule has 0 saturated carbocycles. The molecule has 5 nitrogen and oxygen atoms in total. The molecule has 2 aromatic carbocycles. The summed E-state index contributed by atoms with van der Waals surface area (Å²) in [7, 11) is -3.74. The summed E-state index contributed by atoms with van der Waals surface area (Å²) in [5, 5.41) is 3.87. The van der Waals surface area contributed by atoms with Gasteiger partial charge in [0.05, 0.1) is 16.3 Å². The van der Waals surface area contributed by atoms with Gasteiger partial charge in [-0.3, -0.25) is 4.72 Å². The zero-order chi connectivity index (χ0) is 19.1. The minimum absolute atomic E-state index is 0.225. The molecule has 0 bridgehead atoms. The van der Waals surface area contributed by atoms with Gasteiger partial charge in [0.25, 0.3) is 10.0 Å². The lowest BCUT2D eigenvalue weighted by Gasteiger charge is -2.16. The number of benzene rings is 2. The fourth-order valence-corrected chi connectivity index (χ4v) is 4.55. The molecule has 0 unspecified atom stereocenters. The Morgan fingerprint density at radius 1 is 0.885 bits per heavy atom. The van der Waals surface area contributed by atoms with Gasteiger partial charge in [0.15, 0.2) is 5.76 Å². The fourth-order valence-electron chi connectivity index (χ4n) is 3.07. The molecule has 1 aromatic heterocycles. The number of aryl methyl sites for hydroxylation is 5. The van der Waals surface area contributed by atoms with Gasteiger partial charge in [-0.2, -0.15) is 0 Å². The monoisotopic (exact) mass is 370 g/mol. The molecule has 136 valence electrons. The largest absolute Gasteiger partial charge is 0.356 e. The smallest absolute Gasteiger partial charge is 0.262 e. The summed E-state index contributed by atoms with van der Waals surface area (Å²) in [5.74, 6) is 0.543. The number of hydrogen-bond donors (Lipinski definition) is 1. The predicted octanol–water partition coefficient (Wildman–Crippen LogP) is 4.68. The third kappa shape index (κ3) is 3.51. The molecule has 0 amide bonds. The Hall–Kier alpha value is -2.60. The van der Waals surface area contributed by atoms with Gasteiger partial charge in [0.1, 0.15) is 0 Å². The first-order valence-corrected chi connectivity index (χ1v) is 9.81. The molecule has 1 N–H and O–H groups in total. The average molecular weight is 370 g/mol. The summed E-state index contributed by atoms with van der Waals surface area (Å²) in [5.41, 5.74) is 5.59. The second-order valence-electron chi connectivity index (χ2n) is 6.69. The predicted molar refractivity (Wildman–Crippen MR) is 103 cm³/mol. The normalized spacial score (nSPS) is 11.6. The molecule has 0 aliphatic rings. The molecular formula is C20H22N2O3S. The van der Waals surface area contributed by atoms with Crippen LogP contribution in [0.15, 0.2) is 45.8 Å². The minimum atomic E-state index is -3.74. The molecule has 0 atom stereocenters. The third-order valence-corrected chi connectivity index (χ3v) is 5.80. The Morgan fingerprint density at radius 2 is 1.54 bits per heavy atom. The second-order valence-corrected chi connectivity index (χ2v) is 8.34. The van der Waals surface area contributed by atoms with E-state index in [1.165, 1.54) is 0 Å². The van der Waals surface area contributed by atoms with E-state index in [1.807, 2.05) is 45.9 Å². The van der Waals surface area contributed by atoms with E-state index in [4.69, 9.17) is 4.52 Å². The van der Waals surface area contributed by atoms with Crippen molar-refractivity contribution >= 4 is 15.7 Å². The highest BCUT2D eigenvalue weighted by molar-refractivity contribution is 7.92. The van der Waals surface area contributed by atoms with Crippen LogP contribution in [-0.2, 0) is 10.0 Å². The Kier molecular flexibility index (Phi) is 4.63. The minimum Gasteiger partial charge on any atom is -0.356 e. The first kappa shape index (κ1) is 18.2. The summed E-state index contributed by atoms with van der Waals surface area (Å²) in [6, 6.07) is 10.9. The number of aromatic nitrogens is 1. The SMILES string of the molecule is Cc1cc(C)c(NS(=O)(=O)c2cc(-c3cc(C)no3)ccc2C)c(C)c1. The van der Waals surface area contributed by atoms with Crippen LogP contribution >= 0.6 is 0 Å². The van der Waals surface area contributed by atoms with Crippen molar-refractivity contribution in [3.8, 4) is 11.3 Å². The van der Waals surface area contributed by atoms with Crippen LogP contribution in [0.2, 0.25) is 0 Å². The highest BCUT2D eigenvalue weighted by Crippen LogP contribution is 2.29. The number of hydrogen-bond acceptors (Lipinski definition) is 4. The number of sulfonamides is 1. The van der Waals surface area contributed by atoms with E-state index in [0.29, 0.717) is 22.6 Å². The van der Waals surface area contributed by atoms with Crippen LogP contribution in [0.25, 0.3) is 11.3 Å². The van der Waals surface area contributed by atoms with E-state index < -0.39 is 10.0 Å². The van der Waals surface area contributed by atoms with Crippen molar-refractivity contribution in [3.05, 3.63) is 64.3 Å². The number of rotatable bonds is 4. The van der Waals surface area contributed by atoms with Gasteiger partial charge in [-0.15, -0.1) is 0 Å². The summed E-state index contributed by atoms with van der Waals surface area (Å²) in [6.07, 6.45) is 0. The quantitative estimate of drug-likeness (QED) is 0.723. The molecule has 0 fully saturated rings. The lowest BCUT2D eigenvalue weighted by Crippen LogP contribution is -2.16. The van der Waals surface area contributed by atoms with Gasteiger partial charge in [-0.05, 0) is 57.4 Å². The number of anilines is 1. The Morgan fingerprint density at radius 3 is 2.12 bits per heavy atom. The molecule has 6 heteroatoms. The molecular weight excluding hydrogens is 348 g/mol. The van der Waals surface area contributed by atoms with E-state index in [9.17, 15) is 8.42 Å². The van der Waals surface area contributed by atoms with Crippen molar-refractivity contribution in [2.45, 2.75) is 39.5 Å². The fraction of sp³-hybridized carbons (Fsp3) is 0.250.